The number of amides is 3. The number of rotatable bonds is 7. The third kappa shape index (κ3) is 5.02. The molecule has 0 aliphatic carbocycles. The average Bonchev–Trinajstić information content (AvgIpc) is 3.15. The highest BCUT2D eigenvalue weighted by Crippen LogP contribution is 2.42. The van der Waals surface area contributed by atoms with Gasteiger partial charge in [0, 0.05) is 36.3 Å². The lowest BCUT2D eigenvalue weighted by atomic mass is 9.93. The molecule has 1 saturated heterocycles. The van der Waals surface area contributed by atoms with Gasteiger partial charge in [0.05, 0.1) is 4.90 Å². The van der Waals surface area contributed by atoms with Crippen molar-refractivity contribution in [1.82, 2.24) is 20.1 Å². The highest BCUT2D eigenvalue weighted by molar-refractivity contribution is 7.90. The number of piperidine rings is 1. The molecule has 1 atom stereocenters. The first-order valence-electron chi connectivity index (χ1n) is 12.7. The number of urea groups is 1. The van der Waals surface area contributed by atoms with Crippen LogP contribution in [-0.4, -0.2) is 55.0 Å². The first-order chi connectivity index (χ1) is 18.3. The summed E-state index contributed by atoms with van der Waals surface area (Å²) in [6.07, 6.45) is 3.38. The van der Waals surface area contributed by atoms with Crippen LogP contribution in [0.25, 0.3) is 0 Å². The third-order valence-electron chi connectivity index (χ3n) is 7.05. The lowest BCUT2D eigenvalue weighted by Crippen LogP contribution is -2.50. The summed E-state index contributed by atoms with van der Waals surface area (Å²) in [6.45, 7) is 1.58. The van der Waals surface area contributed by atoms with Crippen molar-refractivity contribution >= 4 is 22.0 Å². The Bertz CT molecular complexity index is 1420. The molecule has 0 bridgehead atoms. The number of sulfonamides is 1. The van der Waals surface area contributed by atoms with E-state index in [9.17, 15) is 23.1 Å². The minimum absolute atomic E-state index is 0.0412. The summed E-state index contributed by atoms with van der Waals surface area (Å²) in [6, 6.07) is 21.4. The smallest absolute Gasteiger partial charge is 0.343 e. The molecule has 0 radical (unpaired) electrons. The SMILES string of the molecule is O=C(NN1CCCCC1)NS(=O)(=O)c1ccc(CCN2C(=O)c3ccccc3C2(O)c2ccccc2)cc1. The van der Waals surface area contributed by atoms with Crippen molar-refractivity contribution in [2.45, 2.75) is 36.3 Å². The molecule has 0 spiro atoms. The Labute approximate surface area is 222 Å². The molecule has 1 fully saturated rings. The summed E-state index contributed by atoms with van der Waals surface area (Å²) >= 11 is 0. The number of carbonyl (C=O) groups excluding carboxylic acids is 2. The van der Waals surface area contributed by atoms with E-state index in [1.165, 1.54) is 17.0 Å². The van der Waals surface area contributed by atoms with Crippen molar-refractivity contribution in [1.29, 1.82) is 0 Å². The Morgan fingerprint density at radius 2 is 1.55 bits per heavy atom. The minimum Gasteiger partial charge on any atom is -0.363 e. The second kappa shape index (κ2) is 10.6. The molecule has 3 amide bonds. The van der Waals surface area contributed by atoms with Crippen molar-refractivity contribution in [2.75, 3.05) is 19.6 Å². The molecule has 38 heavy (non-hydrogen) atoms. The maximum absolute atomic E-state index is 13.3. The summed E-state index contributed by atoms with van der Waals surface area (Å²) < 4.78 is 27.4. The average molecular weight is 535 g/mol. The zero-order valence-electron chi connectivity index (χ0n) is 20.8. The van der Waals surface area contributed by atoms with Crippen molar-refractivity contribution < 1.29 is 23.1 Å². The second-order valence-corrected chi connectivity index (χ2v) is 11.2. The molecule has 0 saturated carbocycles. The van der Waals surface area contributed by atoms with Gasteiger partial charge >= 0.3 is 6.03 Å². The zero-order valence-corrected chi connectivity index (χ0v) is 21.7. The van der Waals surface area contributed by atoms with E-state index >= 15 is 0 Å². The lowest BCUT2D eigenvalue weighted by Gasteiger charge is -2.35. The van der Waals surface area contributed by atoms with Crippen LogP contribution in [0, 0.1) is 0 Å². The Morgan fingerprint density at radius 1 is 0.895 bits per heavy atom. The molecule has 3 N–H and O–H groups in total. The zero-order chi connectivity index (χ0) is 26.8. The first-order valence-corrected chi connectivity index (χ1v) is 14.1. The predicted molar refractivity (Wildman–Crippen MR) is 141 cm³/mol. The van der Waals surface area contributed by atoms with E-state index in [-0.39, 0.29) is 17.3 Å². The standard InChI is InChI=1S/C28H30N4O5S/c33-26-24-11-5-6-12-25(24)28(35,22-9-3-1-4-10-22)32(26)20-17-21-13-15-23(16-14-21)38(36,37)30-27(34)29-31-18-7-2-8-19-31/h1,3-6,9-16,35H,2,7-8,17-20H2,(H2,29,30,34). The number of nitrogens with zero attached hydrogens (tertiary/aromatic N) is 2. The number of benzene rings is 3. The summed E-state index contributed by atoms with van der Waals surface area (Å²) in [5.41, 5.74) is 3.33. The molecule has 10 heteroatoms. The fraction of sp³-hybridized carbons (Fsp3) is 0.286. The van der Waals surface area contributed by atoms with E-state index in [0.717, 1.165) is 24.8 Å². The predicted octanol–water partition coefficient (Wildman–Crippen LogP) is 2.97. The highest BCUT2D eigenvalue weighted by Gasteiger charge is 2.49. The number of fused-ring (bicyclic) bond motifs is 1. The van der Waals surface area contributed by atoms with E-state index in [1.54, 1.807) is 53.5 Å². The number of hydrogen-bond acceptors (Lipinski definition) is 6. The van der Waals surface area contributed by atoms with Gasteiger partial charge < -0.3 is 10.0 Å². The van der Waals surface area contributed by atoms with Gasteiger partial charge in [-0.1, -0.05) is 67.1 Å². The van der Waals surface area contributed by atoms with Crippen molar-refractivity contribution in [3.8, 4) is 0 Å². The fourth-order valence-corrected chi connectivity index (χ4v) is 5.99. The Kier molecular flexibility index (Phi) is 7.20. The first kappa shape index (κ1) is 25.9. The van der Waals surface area contributed by atoms with Crippen LogP contribution in [0.15, 0.2) is 83.8 Å². The number of hydrazine groups is 1. The lowest BCUT2D eigenvalue weighted by molar-refractivity contribution is -0.0493. The quantitative estimate of drug-likeness (QED) is 0.429. The van der Waals surface area contributed by atoms with Gasteiger partial charge in [0.1, 0.15) is 0 Å². The largest absolute Gasteiger partial charge is 0.363 e. The van der Waals surface area contributed by atoms with Crippen LogP contribution >= 0.6 is 0 Å². The van der Waals surface area contributed by atoms with Gasteiger partial charge in [0.15, 0.2) is 5.72 Å². The number of carbonyl (C=O) groups is 2. The summed E-state index contributed by atoms with van der Waals surface area (Å²) in [5, 5.41) is 13.6. The molecule has 198 valence electrons. The molecule has 2 heterocycles. The van der Waals surface area contributed by atoms with Gasteiger partial charge in [-0.15, -0.1) is 0 Å². The Hall–Kier alpha value is -3.73. The Balaban J connectivity index is 1.28. The van der Waals surface area contributed by atoms with Crippen LogP contribution in [0.1, 0.15) is 46.3 Å². The van der Waals surface area contributed by atoms with E-state index in [2.05, 4.69) is 10.1 Å². The molecule has 1 unspecified atom stereocenters. The van der Waals surface area contributed by atoms with Crippen molar-refractivity contribution in [3.63, 3.8) is 0 Å². The maximum Gasteiger partial charge on any atom is 0.343 e. The number of aliphatic hydroxyl groups is 1. The molecule has 9 nitrogen and oxygen atoms in total. The number of nitrogens with one attached hydrogen (secondary N) is 2. The molecule has 5 rings (SSSR count). The molecular weight excluding hydrogens is 504 g/mol. The van der Waals surface area contributed by atoms with Crippen LogP contribution in [0.5, 0.6) is 0 Å². The van der Waals surface area contributed by atoms with Crippen molar-refractivity contribution in [2.24, 2.45) is 0 Å². The molecule has 0 aromatic heterocycles. The number of hydrogen-bond donors (Lipinski definition) is 3. The molecular formula is C28H30N4O5S. The topological polar surface area (TPSA) is 119 Å². The van der Waals surface area contributed by atoms with Gasteiger partial charge in [-0.05, 0) is 43.0 Å². The van der Waals surface area contributed by atoms with Gasteiger partial charge in [0.25, 0.3) is 15.9 Å². The molecule has 3 aromatic carbocycles. The molecule has 2 aliphatic rings. The monoisotopic (exact) mass is 534 g/mol. The van der Waals surface area contributed by atoms with Crippen LogP contribution in [0.4, 0.5) is 4.79 Å². The summed E-state index contributed by atoms with van der Waals surface area (Å²) in [5.74, 6) is -0.268. The van der Waals surface area contributed by atoms with E-state index < -0.39 is 21.8 Å². The maximum atomic E-state index is 13.3. The van der Waals surface area contributed by atoms with Crippen molar-refractivity contribution in [3.05, 3.63) is 101 Å². The van der Waals surface area contributed by atoms with Gasteiger partial charge in [-0.25, -0.2) is 22.9 Å². The van der Waals surface area contributed by atoms with E-state index in [1.807, 2.05) is 18.2 Å². The molecule has 2 aliphatic heterocycles. The highest BCUT2D eigenvalue weighted by atomic mass is 32.2. The van der Waals surface area contributed by atoms with E-state index in [4.69, 9.17) is 0 Å². The van der Waals surface area contributed by atoms with Gasteiger partial charge in [-0.3, -0.25) is 10.2 Å². The second-order valence-electron chi connectivity index (χ2n) is 9.53. The normalized spacial score (nSPS) is 19.7. The Morgan fingerprint density at radius 3 is 2.26 bits per heavy atom. The van der Waals surface area contributed by atoms with Gasteiger partial charge in [-0.2, -0.15) is 0 Å². The fourth-order valence-electron chi connectivity index (χ4n) is 5.09. The molecule has 3 aromatic rings. The third-order valence-corrected chi connectivity index (χ3v) is 8.39. The summed E-state index contributed by atoms with van der Waals surface area (Å²) in [4.78, 5) is 26.9. The van der Waals surface area contributed by atoms with Gasteiger partial charge in [0.2, 0.25) is 0 Å². The van der Waals surface area contributed by atoms with Crippen LogP contribution in [0.2, 0.25) is 0 Å². The van der Waals surface area contributed by atoms with Crippen LogP contribution in [0.3, 0.4) is 0 Å². The van der Waals surface area contributed by atoms with Crippen LogP contribution in [-0.2, 0) is 22.2 Å². The summed E-state index contributed by atoms with van der Waals surface area (Å²) in [7, 11) is -4.05. The minimum atomic E-state index is -4.05. The van der Waals surface area contributed by atoms with E-state index in [0.29, 0.717) is 36.2 Å². The van der Waals surface area contributed by atoms with Crippen LogP contribution < -0.4 is 10.1 Å².